The van der Waals surface area contributed by atoms with E-state index in [0.29, 0.717) is 3.92 Å². The zero-order valence-corrected chi connectivity index (χ0v) is 16.0. The molecule has 0 aromatic rings. The standard InChI is InChI=1S/C19H28IN/c1-6-7-8-10-13-16(2)19(5)21-18(4)15-12-9-11-14-17(3)20/h6-13,15,17-18H,14H2,1-5H3/b7-6-,10-8-,11-9-,15-12-,16-13+,21-19+. The minimum Gasteiger partial charge on any atom is -0.283 e. The van der Waals surface area contributed by atoms with Crippen molar-refractivity contribution in [1.82, 2.24) is 0 Å². The molecule has 2 heteroatoms. The van der Waals surface area contributed by atoms with Crippen LogP contribution in [0.4, 0.5) is 0 Å². The number of allylic oxidation sites excluding steroid dienone is 9. The van der Waals surface area contributed by atoms with E-state index >= 15 is 0 Å². The molecule has 0 aliphatic heterocycles. The molecule has 2 atom stereocenters. The second-order valence-electron chi connectivity index (χ2n) is 5.05. The lowest BCUT2D eigenvalue weighted by Gasteiger charge is -2.03. The quantitative estimate of drug-likeness (QED) is 0.199. The van der Waals surface area contributed by atoms with Crippen LogP contribution in [0, 0.1) is 0 Å². The van der Waals surface area contributed by atoms with Crippen molar-refractivity contribution in [2.45, 2.75) is 51.0 Å². The molecular formula is C19H28IN. The van der Waals surface area contributed by atoms with Crippen LogP contribution in [-0.4, -0.2) is 15.7 Å². The molecule has 0 aromatic heterocycles. The highest BCUT2D eigenvalue weighted by atomic mass is 127. The summed E-state index contributed by atoms with van der Waals surface area (Å²) in [7, 11) is 0. The summed E-state index contributed by atoms with van der Waals surface area (Å²) >= 11 is 2.43. The van der Waals surface area contributed by atoms with Gasteiger partial charge >= 0.3 is 0 Å². The van der Waals surface area contributed by atoms with Crippen LogP contribution < -0.4 is 0 Å². The molecule has 0 saturated heterocycles. The van der Waals surface area contributed by atoms with E-state index in [9.17, 15) is 0 Å². The average molecular weight is 397 g/mol. The molecule has 0 heterocycles. The Morgan fingerprint density at radius 1 is 1.05 bits per heavy atom. The highest BCUT2D eigenvalue weighted by Crippen LogP contribution is 2.05. The summed E-state index contributed by atoms with van der Waals surface area (Å²) in [6.45, 7) is 10.5. The molecule has 116 valence electrons. The van der Waals surface area contributed by atoms with Gasteiger partial charge in [-0.2, -0.15) is 0 Å². The average Bonchev–Trinajstić information content (AvgIpc) is 2.42. The summed E-state index contributed by atoms with van der Waals surface area (Å²) in [4.78, 5) is 4.68. The number of hydrogen-bond donors (Lipinski definition) is 0. The normalized spacial score (nSPS) is 17.6. The van der Waals surface area contributed by atoms with Crippen LogP contribution in [-0.2, 0) is 0 Å². The number of alkyl halides is 1. The Balaban J connectivity index is 4.47. The molecule has 2 unspecified atom stereocenters. The molecule has 0 saturated carbocycles. The van der Waals surface area contributed by atoms with Crippen molar-refractivity contribution in [3.63, 3.8) is 0 Å². The Morgan fingerprint density at radius 2 is 1.76 bits per heavy atom. The molecule has 0 N–H and O–H groups in total. The predicted octanol–water partition coefficient (Wildman–Crippen LogP) is 6.24. The highest BCUT2D eigenvalue weighted by Gasteiger charge is 1.96. The number of hydrogen-bond acceptors (Lipinski definition) is 1. The molecule has 0 amide bonds. The first-order valence-electron chi connectivity index (χ1n) is 7.45. The largest absolute Gasteiger partial charge is 0.283 e. The summed E-state index contributed by atoms with van der Waals surface area (Å²) in [5, 5.41) is 0. The van der Waals surface area contributed by atoms with E-state index in [0.717, 1.165) is 12.1 Å². The van der Waals surface area contributed by atoms with E-state index in [1.165, 1.54) is 5.57 Å². The topological polar surface area (TPSA) is 12.4 Å². The van der Waals surface area contributed by atoms with E-state index < -0.39 is 0 Å². The van der Waals surface area contributed by atoms with Gasteiger partial charge in [0.05, 0.1) is 6.04 Å². The van der Waals surface area contributed by atoms with E-state index in [1.807, 2.05) is 31.2 Å². The number of halogens is 1. The summed E-state index contributed by atoms with van der Waals surface area (Å²) in [6.07, 6.45) is 19.8. The number of rotatable bonds is 8. The molecule has 0 aliphatic carbocycles. The molecule has 0 aromatic carbocycles. The lowest BCUT2D eigenvalue weighted by Crippen LogP contribution is -2.00. The van der Waals surface area contributed by atoms with Crippen LogP contribution in [0.1, 0.15) is 41.0 Å². The minimum atomic E-state index is 0.203. The van der Waals surface area contributed by atoms with Gasteiger partial charge in [0.1, 0.15) is 0 Å². The second kappa shape index (κ2) is 12.8. The summed E-state index contributed by atoms with van der Waals surface area (Å²) in [5.74, 6) is 0. The van der Waals surface area contributed by atoms with Gasteiger partial charge in [-0.3, -0.25) is 4.99 Å². The number of nitrogens with zero attached hydrogens (tertiary/aromatic N) is 1. The molecule has 0 fully saturated rings. The Bertz CT molecular complexity index is 448. The molecule has 0 rings (SSSR count). The van der Waals surface area contributed by atoms with Crippen LogP contribution in [0.3, 0.4) is 0 Å². The summed E-state index contributed by atoms with van der Waals surface area (Å²) in [6, 6.07) is 0.203. The lowest BCUT2D eigenvalue weighted by molar-refractivity contribution is 0.924. The first kappa shape index (κ1) is 20.1. The number of aliphatic imine (C=N–C) groups is 1. The van der Waals surface area contributed by atoms with Crippen LogP contribution in [0.5, 0.6) is 0 Å². The van der Waals surface area contributed by atoms with Gasteiger partial charge in [-0.1, -0.05) is 84.2 Å². The highest BCUT2D eigenvalue weighted by molar-refractivity contribution is 14.1. The van der Waals surface area contributed by atoms with Gasteiger partial charge in [0.2, 0.25) is 0 Å². The van der Waals surface area contributed by atoms with Crippen molar-refractivity contribution in [3.05, 3.63) is 60.3 Å². The van der Waals surface area contributed by atoms with Crippen LogP contribution >= 0.6 is 22.6 Å². The van der Waals surface area contributed by atoms with E-state index in [2.05, 4.69) is 85.7 Å². The van der Waals surface area contributed by atoms with Gasteiger partial charge in [-0.15, -0.1) is 0 Å². The third kappa shape index (κ3) is 12.5. The monoisotopic (exact) mass is 397 g/mol. The van der Waals surface area contributed by atoms with Crippen molar-refractivity contribution >= 4 is 28.3 Å². The summed E-state index contributed by atoms with van der Waals surface area (Å²) < 4.78 is 0.688. The van der Waals surface area contributed by atoms with Gasteiger partial charge in [0.15, 0.2) is 0 Å². The predicted molar refractivity (Wildman–Crippen MR) is 107 cm³/mol. The maximum Gasteiger partial charge on any atom is 0.0657 e. The van der Waals surface area contributed by atoms with E-state index in [4.69, 9.17) is 0 Å². The molecular weight excluding hydrogens is 369 g/mol. The van der Waals surface area contributed by atoms with Gasteiger partial charge in [0, 0.05) is 9.64 Å². The van der Waals surface area contributed by atoms with E-state index in [1.54, 1.807) is 0 Å². The fourth-order valence-electron chi connectivity index (χ4n) is 1.52. The van der Waals surface area contributed by atoms with Crippen molar-refractivity contribution in [2.75, 3.05) is 0 Å². The third-order valence-corrected chi connectivity index (χ3v) is 3.34. The Labute approximate surface area is 144 Å². The molecule has 0 radical (unpaired) electrons. The Kier molecular flexibility index (Phi) is 12.3. The lowest BCUT2D eigenvalue weighted by atomic mass is 10.1. The smallest absolute Gasteiger partial charge is 0.0657 e. The Morgan fingerprint density at radius 3 is 2.38 bits per heavy atom. The van der Waals surface area contributed by atoms with Crippen LogP contribution in [0.25, 0.3) is 0 Å². The Hall–Kier alpha value is -0.900. The van der Waals surface area contributed by atoms with Crippen LogP contribution in [0.15, 0.2) is 65.2 Å². The molecule has 21 heavy (non-hydrogen) atoms. The first-order chi connectivity index (χ1) is 9.97. The zero-order valence-electron chi connectivity index (χ0n) is 13.9. The van der Waals surface area contributed by atoms with Gasteiger partial charge in [-0.25, -0.2) is 0 Å². The zero-order chi connectivity index (χ0) is 16.1. The molecule has 0 bridgehead atoms. The minimum absolute atomic E-state index is 0.203. The SMILES string of the molecule is C\C=C/C=C\C=C(C)\C(C)=N\C(C)/C=C\C=C/CC(C)I. The molecule has 0 aliphatic rings. The van der Waals surface area contributed by atoms with Crippen molar-refractivity contribution in [2.24, 2.45) is 4.99 Å². The third-order valence-electron chi connectivity index (χ3n) is 2.83. The summed E-state index contributed by atoms with van der Waals surface area (Å²) in [5.41, 5.74) is 2.28. The van der Waals surface area contributed by atoms with Gasteiger partial charge in [0.25, 0.3) is 0 Å². The maximum absolute atomic E-state index is 4.68. The van der Waals surface area contributed by atoms with Gasteiger partial charge < -0.3 is 0 Å². The molecule has 1 nitrogen and oxygen atoms in total. The van der Waals surface area contributed by atoms with Crippen LogP contribution in [0.2, 0.25) is 0 Å². The van der Waals surface area contributed by atoms with Crippen molar-refractivity contribution in [3.8, 4) is 0 Å². The second-order valence-corrected chi connectivity index (χ2v) is 7.17. The maximum atomic E-state index is 4.68. The fraction of sp³-hybridized carbons (Fsp3) is 0.421. The van der Waals surface area contributed by atoms with Gasteiger partial charge in [-0.05, 0) is 39.7 Å². The van der Waals surface area contributed by atoms with Crippen molar-refractivity contribution < 1.29 is 0 Å². The van der Waals surface area contributed by atoms with Crippen molar-refractivity contribution in [1.29, 1.82) is 0 Å². The first-order valence-corrected chi connectivity index (χ1v) is 8.70. The molecule has 0 spiro atoms. The van der Waals surface area contributed by atoms with E-state index in [-0.39, 0.29) is 6.04 Å². The fourth-order valence-corrected chi connectivity index (χ4v) is 1.81.